The van der Waals surface area contributed by atoms with E-state index in [-0.39, 0.29) is 18.5 Å². The number of carbonyl (C=O) groups is 1. The maximum absolute atomic E-state index is 13.2. The van der Waals surface area contributed by atoms with Crippen molar-refractivity contribution in [3.05, 3.63) is 68.4 Å². The molecule has 8 heteroatoms. The molecule has 1 amide bonds. The minimum atomic E-state index is -0.512. The third-order valence-corrected chi connectivity index (χ3v) is 6.63. The summed E-state index contributed by atoms with van der Waals surface area (Å²) in [6.45, 7) is 6.82. The highest BCUT2D eigenvalue weighted by Gasteiger charge is 2.23. The quantitative estimate of drug-likeness (QED) is 0.511. The van der Waals surface area contributed by atoms with E-state index < -0.39 is 11.2 Å². The Hall–Kier alpha value is -3.55. The second-order valence-corrected chi connectivity index (χ2v) is 9.07. The third-order valence-electron chi connectivity index (χ3n) is 6.63. The van der Waals surface area contributed by atoms with Crippen molar-refractivity contribution in [3.8, 4) is 11.5 Å². The van der Waals surface area contributed by atoms with Gasteiger partial charge >= 0.3 is 5.69 Å². The Morgan fingerprint density at radius 3 is 2.34 bits per heavy atom. The zero-order valence-corrected chi connectivity index (χ0v) is 20.6. The molecular weight excluding hydrogens is 446 g/mol. The first kappa shape index (κ1) is 24.6. The molecule has 0 aliphatic heterocycles. The Balaban J connectivity index is 1.57. The molecule has 0 bridgehead atoms. The SMILES string of the molecule is CCOc1cc2[nH]c(=O)n(Cc3ccc(C(=O)NC4CCCCC4C)cc3)c(=O)c2cc1OCC. The van der Waals surface area contributed by atoms with E-state index in [1.807, 2.05) is 13.8 Å². The minimum Gasteiger partial charge on any atom is -0.490 e. The molecule has 1 aliphatic rings. The van der Waals surface area contributed by atoms with E-state index in [0.29, 0.717) is 47.1 Å². The molecule has 2 atom stereocenters. The molecule has 1 aromatic heterocycles. The second kappa shape index (κ2) is 10.8. The van der Waals surface area contributed by atoms with Crippen LogP contribution in [0.3, 0.4) is 0 Å². The number of hydrogen-bond acceptors (Lipinski definition) is 5. The maximum atomic E-state index is 13.2. The number of nitrogens with zero attached hydrogens (tertiary/aromatic N) is 1. The van der Waals surface area contributed by atoms with Gasteiger partial charge in [0.15, 0.2) is 11.5 Å². The summed E-state index contributed by atoms with van der Waals surface area (Å²) >= 11 is 0. The topological polar surface area (TPSA) is 102 Å². The molecule has 8 nitrogen and oxygen atoms in total. The summed E-state index contributed by atoms with van der Waals surface area (Å²) in [5.74, 6) is 1.32. The van der Waals surface area contributed by atoms with Crippen molar-refractivity contribution in [2.45, 2.75) is 59.0 Å². The van der Waals surface area contributed by atoms with Crippen LogP contribution in [0.4, 0.5) is 0 Å². The molecule has 3 aromatic rings. The third kappa shape index (κ3) is 5.42. The Morgan fingerprint density at radius 1 is 1.03 bits per heavy atom. The Morgan fingerprint density at radius 2 is 1.69 bits per heavy atom. The number of H-pyrrole nitrogens is 1. The van der Waals surface area contributed by atoms with E-state index in [4.69, 9.17) is 9.47 Å². The van der Waals surface area contributed by atoms with Crippen LogP contribution in [0.15, 0.2) is 46.0 Å². The van der Waals surface area contributed by atoms with Crippen molar-refractivity contribution in [3.63, 3.8) is 0 Å². The van der Waals surface area contributed by atoms with E-state index in [2.05, 4.69) is 17.2 Å². The van der Waals surface area contributed by atoms with Gasteiger partial charge < -0.3 is 19.8 Å². The van der Waals surface area contributed by atoms with Crippen LogP contribution in [0.25, 0.3) is 10.9 Å². The van der Waals surface area contributed by atoms with Gasteiger partial charge in [0, 0.05) is 17.7 Å². The first-order valence-electron chi connectivity index (χ1n) is 12.4. The normalized spacial score (nSPS) is 17.8. The minimum absolute atomic E-state index is 0.0862. The highest BCUT2D eigenvalue weighted by atomic mass is 16.5. The number of aromatic amines is 1. The predicted molar refractivity (Wildman–Crippen MR) is 136 cm³/mol. The molecule has 2 aromatic carbocycles. The fourth-order valence-electron chi connectivity index (χ4n) is 4.67. The van der Waals surface area contributed by atoms with E-state index in [1.165, 1.54) is 6.42 Å². The van der Waals surface area contributed by atoms with Gasteiger partial charge in [0.05, 0.1) is 30.7 Å². The first-order chi connectivity index (χ1) is 16.9. The number of hydrogen-bond donors (Lipinski definition) is 2. The number of ether oxygens (including phenoxy) is 2. The summed E-state index contributed by atoms with van der Waals surface area (Å²) in [7, 11) is 0. The van der Waals surface area contributed by atoms with Crippen LogP contribution in [0.5, 0.6) is 11.5 Å². The van der Waals surface area contributed by atoms with Gasteiger partial charge in [-0.25, -0.2) is 4.79 Å². The van der Waals surface area contributed by atoms with Crippen LogP contribution in [0, 0.1) is 5.92 Å². The molecule has 2 unspecified atom stereocenters. The van der Waals surface area contributed by atoms with Gasteiger partial charge in [-0.05, 0) is 56.4 Å². The lowest BCUT2D eigenvalue weighted by Gasteiger charge is -2.29. The maximum Gasteiger partial charge on any atom is 0.329 e. The monoisotopic (exact) mass is 479 g/mol. The molecule has 1 saturated carbocycles. The Labute approximate surface area is 204 Å². The van der Waals surface area contributed by atoms with Crippen LogP contribution in [0.1, 0.15) is 62.4 Å². The molecule has 0 saturated heterocycles. The van der Waals surface area contributed by atoms with E-state index >= 15 is 0 Å². The molecule has 4 rings (SSSR count). The van der Waals surface area contributed by atoms with E-state index in [9.17, 15) is 14.4 Å². The summed E-state index contributed by atoms with van der Waals surface area (Å²) in [5.41, 5.74) is 0.779. The second-order valence-electron chi connectivity index (χ2n) is 9.07. The fraction of sp³-hybridized carbons (Fsp3) is 0.444. The molecule has 1 fully saturated rings. The molecule has 35 heavy (non-hydrogen) atoms. The number of carbonyl (C=O) groups excluding carboxylic acids is 1. The average Bonchev–Trinajstić information content (AvgIpc) is 2.85. The van der Waals surface area contributed by atoms with Crippen molar-refractivity contribution in [2.24, 2.45) is 5.92 Å². The number of aromatic nitrogens is 2. The van der Waals surface area contributed by atoms with Crippen LogP contribution >= 0.6 is 0 Å². The van der Waals surface area contributed by atoms with Crippen LogP contribution in [-0.4, -0.2) is 34.7 Å². The Kier molecular flexibility index (Phi) is 7.58. The number of amides is 1. The number of fused-ring (bicyclic) bond motifs is 1. The van der Waals surface area contributed by atoms with Gasteiger partial charge in [-0.2, -0.15) is 0 Å². The standard InChI is InChI=1S/C27H33N3O5/c1-4-34-23-14-20-22(15-24(23)35-5-2)29-27(33)30(26(20)32)16-18-10-12-19(13-11-18)25(31)28-21-9-7-6-8-17(21)3/h10-15,17,21H,4-9,16H2,1-3H3,(H,28,31)(H,29,33). The van der Waals surface area contributed by atoms with Crippen molar-refractivity contribution in [2.75, 3.05) is 13.2 Å². The fourth-order valence-corrected chi connectivity index (χ4v) is 4.67. The lowest BCUT2D eigenvalue weighted by Crippen LogP contribution is -2.41. The summed E-state index contributed by atoms with van der Waals surface area (Å²) in [6, 6.07) is 10.5. The number of benzene rings is 2. The van der Waals surface area contributed by atoms with Crippen LogP contribution < -0.4 is 26.0 Å². The molecule has 1 heterocycles. The first-order valence-corrected chi connectivity index (χ1v) is 12.4. The van der Waals surface area contributed by atoms with Crippen LogP contribution in [-0.2, 0) is 6.54 Å². The van der Waals surface area contributed by atoms with Gasteiger partial charge in [-0.15, -0.1) is 0 Å². The zero-order chi connectivity index (χ0) is 24.9. The summed E-state index contributed by atoms with van der Waals surface area (Å²) in [5, 5.41) is 3.49. The van der Waals surface area contributed by atoms with Gasteiger partial charge in [0.25, 0.3) is 11.5 Å². The van der Waals surface area contributed by atoms with Gasteiger partial charge in [-0.3, -0.25) is 14.2 Å². The molecule has 0 spiro atoms. The summed E-state index contributed by atoms with van der Waals surface area (Å²) < 4.78 is 12.4. The summed E-state index contributed by atoms with van der Waals surface area (Å²) in [4.78, 5) is 41.4. The van der Waals surface area contributed by atoms with Gasteiger partial charge in [-0.1, -0.05) is 31.9 Å². The molecule has 186 valence electrons. The van der Waals surface area contributed by atoms with E-state index in [1.54, 1.807) is 36.4 Å². The predicted octanol–water partition coefficient (Wildman–Crippen LogP) is 3.84. The number of nitrogens with one attached hydrogen (secondary N) is 2. The highest BCUT2D eigenvalue weighted by molar-refractivity contribution is 5.94. The van der Waals surface area contributed by atoms with Crippen LogP contribution in [0.2, 0.25) is 0 Å². The molecule has 1 aliphatic carbocycles. The smallest absolute Gasteiger partial charge is 0.329 e. The molecular formula is C27H33N3O5. The molecule has 2 N–H and O–H groups in total. The summed E-state index contributed by atoms with van der Waals surface area (Å²) in [6.07, 6.45) is 4.51. The largest absolute Gasteiger partial charge is 0.490 e. The lowest BCUT2D eigenvalue weighted by molar-refractivity contribution is 0.0910. The lowest BCUT2D eigenvalue weighted by atomic mass is 9.86. The van der Waals surface area contributed by atoms with Crippen molar-refractivity contribution < 1.29 is 14.3 Å². The van der Waals surface area contributed by atoms with Gasteiger partial charge in [0.2, 0.25) is 0 Å². The van der Waals surface area contributed by atoms with E-state index in [0.717, 1.165) is 29.4 Å². The molecule has 0 radical (unpaired) electrons. The van der Waals surface area contributed by atoms with Gasteiger partial charge in [0.1, 0.15) is 0 Å². The van der Waals surface area contributed by atoms with Crippen molar-refractivity contribution >= 4 is 16.8 Å². The highest BCUT2D eigenvalue weighted by Crippen LogP contribution is 2.30. The average molecular weight is 480 g/mol. The Bertz CT molecular complexity index is 1310. The zero-order valence-electron chi connectivity index (χ0n) is 20.6. The van der Waals surface area contributed by atoms with Crippen molar-refractivity contribution in [1.82, 2.24) is 14.9 Å². The number of rotatable bonds is 8. The van der Waals surface area contributed by atoms with Crippen molar-refractivity contribution in [1.29, 1.82) is 0 Å².